The summed E-state index contributed by atoms with van der Waals surface area (Å²) in [5.74, 6) is 0.738. The molecule has 3 aromatic rings. The number of nitrogens with one attached hydrogen (secondary N) is 2. The molecule has 0 radical (unpaired) electrons. The van der Waals surface area contributed by atoms with Gasteiger partial charge in [-0.05, 0) is 5.56 Å². The molecule has 118 valence electrons. The first-order chi connectivity index (χ1) is 11.2. The van der Waals surface area contributed by atoms with Gasteiger partial charge in [-0.25, -0.2) is 15.0 Å². The van der Waals surface area contributed by atoms with Gasteiger partial charge in [-0.3, -0.25) is 4.79 Å². The zero-order valence-corrected chi connectivity index (χ0v) is 12.9. The topological polar surface area (TPSA) is 86.8 Å². The Morgan fingerprint density at radius 2 is 2.04 bits per heavy atom. The summed E-state index contributed by atoms with van der Waals surface area (Å²) in [6.45, 7) is 1.11. The van der Waals surface area contributed by atoms with Crippen LogP contribution < -0.4 is 5.32 Å². The van der Waals surface area contributed by atoms with Crippen molar-refractivity contribution in [3.05, 3.63) is 48.5 Å². The summed E-state index contributed by atoms with van der Waals surface area (Å²) in [6, 6.07) is 9.93. The quantitative estimate of drug-likeness (QED) is 0.725. The average Bonchev–Trinajstić information content (AvgIpc) is 3.05. The van der Waals surface area contributed by atoms with Gasteiger partial charge in [0.05, 0.1) is 6.33 Å². The normalized spacial score (nSPS) is 10.7. The fourth-order valence-corrected chi connectivity index (χ4v) is 2.32. The third kappa shape index (κ3) is 3.63. The number of benzene rings is 1. The zero-order chi connectivity index (χ0) is 16.1. The molecule has 2 N–H and O–H groups in total. The van der Waals surface area contributed by atoms with Gasteiger partial charge in [-0.1, -0.05) is 30.3 Å². The minimum Gasteiger partial charge on any atom is -0.368 e. The molecule has 2 heterocycles. The van der Waals surface area contributed by atoms with Crippen molar-refractivity contribution < 1.29 is 4.79 Å². The van der Waals surface area contributed by atoms with Crippen LogP contribution in [0.25, 0.3) is 11.2 Å². The molecular formula is C16H18N6O. The Bertz CT molecular complexity index is 785. The standard InChI is InChI=1S/C16H18N6O/c1-22(9-12-5-3-2-4-6-12)13(23)7-8-17-15-14-16(19-10-18-14)21-11-20-15/h2-6,10-11H,7-9H2,1H3,(H2,17,18,19,20,21). The molecule has 0 atom stereocenters. The van der Waals surface area contributed by atoms with Crippen LogP contribution in [-0.4, -0.2) is 44.3 Å². The summed E-state index contributed by atoms with van der Waals surface area (Å²) in [5.41, 5.74) is 2.47. The second kappa shape index (κ2) is 6.87. The maximum atomic E-state index is 12.2. The Hall–Kier alpha value is -2.96. The van der Waals surface area contributed by atoms with Crippen LogP contribution in [0.1, 0.15) is 12.0 Å². The number of fused-ring (bicyclic) bond motifs is 1. The first-order valence-electron chi connectivity index (χ1n) is 7.40. The van der Waals surface area contributed by atoms with E-state index >= 15 is 0 Å². The number of nitrogens with zero attached hydrogens (tertiary/aromatic N) is 4. The number of aromatic nitrogens is 4. The van der Waals surface area contributed by atoms with Gasteiger partial charge in [-0.2, -0.15) is 0 Å². The third-order valence-corrected chi connectivity index (χ3v) is 3.54. The van der Waals surface area contributed by atoms with Gasteiger partial charge in [-0.15, -0.1) is 0 Å². The summed E-state index contributed by atoms with van der Waals surface area (Å²) in [4.78, 5) is 29.2. The van der Waals surface area contributed by atoms with Crippen LogP contribution in [0.3, 0.4) is 0 Å². The Kier molecular flexibility index (Phi) is 4.46. The van der Waals surface area contributed by atoms with Crippen molar-refractivity contribution in [1.29, 1.82) is 0 Å². The van der Waals surface area contributed by atoms with Crippen LogP contribution in [-0.2, 0) is 11.3 Å². The van der Waals surface area contributed by atoms with E-state index in [0.717, 1.165) is 11.1 Å². The maximum absolute atomic E-state index is 12.2. The molecule has 0 aliphatic rings. The van der Waals surface area contributed by atoms with E-state index in [1.165, 1.54) is 6.33 Å². The van der Waals surface area contributed by atoms with Gasteiger partial charge in [0.25, 0.3) is 0 Å². The highest BCUT2D eigenvalue weighted by molar-refractivity contribution is 5.82. The van der Waals surface area contributed by atoms with Crippen LogP contribution >= 0.6 is 0 Å². The fourth-order valence-electron chi connectivity index (χ4n) is 2.32. The molecule has 23 heavy (non-hydrogen) atoms. The van der Waals surface area contributed by atoms with Crippen LogP contribution in [0, 0.1) is 0 Å². The fraction of sp³-hybridized carbons (Fsp3) is 0.250. The number of anilines is 1. The summed E-state index contributed by atoms with van der Waals surface area (Å²) < 4.78 is 0. The van der Waals surface area contributed by atoms with E-state index in [1.807, 2.05) is 37.4 Å². The van der Waals surface area contributed by atoms with Gasteiger partial charge < -0.3 is 15.2 Å². The van der Waals surface area contributed by atoms with Crippen molar-refractivity contribution in [3.63, 3.8) is 0 Å². The lowest BCUT2D eigenvalue weighted by Gasteiger charge is -2.17. The number of aromatic amines is 1. The Labute approximate surface area is 133 Å². The smallest absolute Gasteiger partial charge is 0.224 e. The van der Waals surface area contributed by atoms with Gasteiger partial charge in [0, 0.05) is 26.6 Å². The molecule has 7 nitrogen and oxygen atoms in total. The Morgan fingerprint density at radius 1 is 1.22 bits per heavy atom. The molecular weight excluding hydrogens is 292 g/mol. The van der Waals surface area contributed by atoms with Crippen LogP contribution in [0.4, 0.5) is 5.82 Å². The van der Waals surface area contributed by atoms with E-state index in [0.29, 0.717) is 31.0 Å². The molecule has 0 saturated carbocycles. The molecule has 0 unspecified atom stereocenters. The number of carbonyl (C=O) groups excluding carboxylic acids is 1. The largest absolute Gasteiger partial charge is 0.368 e. The highest BCUT2D eigenvalue weighted by Gasteiger charge is 2.10. The Morgan fingerprint density at radius 3 is 2.87 bits per heavy atom. The lowest BCUT2D eigenvalue weighted by Crippen LogP contribution is -2.27. The van der Waals surface area contributed by atoms with E-state index in [2.05, 4.69) is 25.3 Å². The molecule has 0 saturated heterocycles. The molecule has 0 aliphatic heterocycles. The minimum atomic E-state index is 0.0799. The van der Waals surface area contributed by atoms with Gasteiger partial charge in [0.1, 0.15) is 11.8 Å². The van der Waals surface area contributed by atoms with E-state index in [4.69, 9.17) is 0 Å². The van der Waals surface area contributed by atoms with Crippen molar-refractivity contribution in [1.82, 2.24) is 24.8 Å². The number of rotatable bonds is 6. The first kappa shape index (κ1) is 15.0. The van der Waals surface area contributed by atoms with Gasteiger partial charge in [0.15, 0.2) is 11.5 Å². The van der Waals surface area contributed by atoms with Gasteiger partial charge in [0.2, 0.25) is 5.91 Å². The average molecular weight is 310 g/mol. The number of hydrogen-bond donors (Lipinski definition) is 2. The van der Waals surface area contributed by atoms with Crippen LogP contribution in [0.2, 0.25) is 0 Å². The lowest BCUT2D eigenvalue weighted by molar-refractivity contribution is -0.130. The molecule has 2 aromatic heterocycles. The number of hydrogen-bond acceptors (Lipinski definition) is 5. The number of carbonyl (C=O) groups is 1. The van der Waals surface area contributed by atoms with E-state index in [-0.39, 0.29) is 5.91 Å². The molecule has 0 bridgehead atoms. The summed E-state index contributed by atoms with van der Waals surface area (Å²) in [5, 5.41) is 3.15. The highest BCUT2D eigenvalue weighted by Crippen LogP contribution is 2.14. The van der Waals surface area contributed by atoms with Crippen molar-refractivity contribution in [2.24, 2.45) is 0 Å². The number of H-pyrrole nitrogens is 1. The van der Waals surface area contributed by atoms with Gasteiger partial charge >= 0.3 is 0 Å². The van der Waals surface area contributed by atoms with E-state index in [9.17, 15) is 4.79 Å². The molecule has 0 aliphatic carbocycles. The predicted molar refractivity (Wildman–Crippen MR) is 87.7 cm³/mol. The predicted octanol–water partition coefficient (Wildman–Crippen LogP) is 1.81. The lowest BCUT2D eigenvalue weighted by atomic mass is 10.2. The SMILES string of the molecule is CN(Cc1ccccc1)C(=O)CCNc1ncnc2nc[nH]c12. The zero-order valence-electron chi connectivity index (χ0n) is 12.9. The molecule has 0 fully saturated rings. The molecule has 0 spiro atoms. The van der Waals surface area contributed by atoms with Crippen molar-refractivity contribution in [2.75, 3.05) is 18.9 Å². The molecule has 1 aromatic carbocycles. The molecule has 1 amide bonds. The summed E-state index contributed by atoms with van der Waals surface area (Å²) >= 11 is 0. The van der Waals surface area contributed by atoms with Crippen molar-refractivity contribution >= 4 is 22.9 Å². The van der Waals surface area contributed by atoms with E-state index < -0.39 is 0 Å². The maximum Gasteiger partial charge on any atom is 0.224 e. The minimum absolute atomic E-state index is 0.0799. The van der Waals surface area contributed by atoms with Crippen molar-refractivity contribution in [3.8, 4) is 0 Å². The summed E-state index contributed by atoms with van der Waals surface area (Å²) in [6.07, 6.45) is 3.42. The number of amides is 1. The molecule has 7 heteroatoms. The second-order valence-corrected chi connectivity index (χ2v) is 5.24. The van der Waals surface area contributed by atoms with Crippen LogP contribution in [0.15, 0.2) is 43.0 Å². The summed E-state index contributed by atoms with van der Waals surface area (Å²) in [7, 11) is 1.81. The second-order valence-electron chi connectivity index (χ2n) is 5.24. The van der Waals surface area contributed by atoms with Crippen molar-refractivity contribution in [2.45, 2.75) is 13.0 Å². The first-order valence-corrected chi connectivity index (χ1v) is 7.40. The highest BCUT2D eigenvalue weighted by atomic mass is 16.2. The van der Waals surface area contributed by atoms with Crippen LogP contribution in [0.5, 0.6) is 0 Å². The third-order valence-electron chi connectivity index (χ3n) is 3.54. The molecule has 3 rings (SSSR count). The number of imidazole rings is 1. The monoisotopic (exact) mass is 310 g/mol. The van der Waals surface area contributed by atoms with E-state index in [1.54, 1.807) is 11.2 Å². The Balaban J connectivity index is 1.52.